The third kappa shape index (κ3) is 2.76. The van der Waals surface area contributed by atoms with E-state index in [1.165, 1.54) is 6.42 Å². The molecule has 0 aromatic carbocycles. The van der Waals surface area contributed by atoms with Crippen molar-refractivity contribution in [2.24, 2.45) is 0 Å². The molecule has 6 heteroatoms. The van der Waals surface area contributed by atoms with Crippen molar-refractivity contribution in [1.29, 1.82) is 0 Å². The summed E-state index contributed by atoms with van der Waals surface area (Å²) in [5, 5.41) is 4.16. The van der Waals surface area contributed by atoms with Crippen LogP contribution >= 0.6 is 0 Å². The minimum atomic E-state index is -0.393. The number of hydrogen-bond donors (Lipinski definition) is 1. The Hall–Kier alpha value is -1.95. The lowest BCUT2D eigenvalue weighted by molar-refractivity contribution is -0.0777. The first-order valence-electron chi connectivity index (χ1n) is 7.43. The molecule has 1 aliphatic rings. The molecule has 0 amide bonds. The first-order valence-corrected chi connectivity index (χ1v) is 7.43. The van der Waals surface area contributed by atoms with Gasteiger partial charge in [-0.25, -0.2) is 4.98 Å². The SMILES string of the molecule is CCOC1(c2noc(-c3ccc(N)nc3)n2)CCCCC1. The van der Waals surface area contributed by atoms with Gasteiger partial charge in [0.05, 0.1) is 5.56 Å². The lowest BCUT2D eigenvalue weighted by Gasteiger charge is -2.33. The van der Waals surface area contributed by atoms with Gasteiger partial charge in [-0.3, -0.25) is 0 Å². The van der Waals surface area contributed by atoms with Crippen molar-refractivity contribution >= 4 is 5.82 Å². The fraction of sp³-hybridized carbons (Fsp3) is 0.533. The highest BCUT2D eigenvalue weighted by Gasteiger charge is 2.39. The molecule has 21 heavy (non-hydrogen) atoms. The minimum absolute atomic E-state index is 0.393. The number of nitrogens with zero attached hydrogens (tertiary/aromatic N) is 3. The van der Waals surface area contributed by atoms with Crippen molar-refractivity contribution in [3.63, 3.8) is 0 Å². The molecule has 0 unspecified atom stereocenters. The number of hydrogen-bond acceptors (Lipinski definition) is 6. The Morgan fingerprint density at radius 3 is 2.76 bits per heavy atom. The summed E-state index contributed by atoms with van der Waals surface area (Å²) >= 11 is 0. The average Bonchev–Trinajstić information content (AvgIpc) is 3.00. The molecule has 2 aromatic rings. The summed E-state index contributed by atoms with van der Waals surface area (Å²) in [6.07, 6.45) is 7.03. The van der Waals surface area contributed by atoms with Crippen molar-refractivity contribution in [3.8, 4) is 11.5 Å². The van der Waals surface area contributed by atoms with E-state index >= 15 is 0 Å². The van der Waals surface area contributed by atoms with E-state index in [4.69, 9.17) is 15.0 Å². The molecule has 112 valence electrons. The number of rotatable bonds is 4. The maximum absolute atomic E-state index is 6.00. The van der Waals surface area contributed by atoms with Gasteiger partial charge in [-0.2, -0.15) is 4.98 Å². The quantitative estimate of drug-likeness (QED) is 0.930. The van der Waals surface area contributed by atoms with Gasteiger partial charge in [0.1, 0.15) is 11.4 Å². The molecular weight excluding hydrogens is 268 g/mol. The molecule has 1 saturated carbocycles. The summed E-state index contributed by atoms with van der Waals surface area (Å²) in [6.45, 7) is 2.65. The average molecular weight is 288 g/mol. The zero-order valence-corrected chi connectivity index (χ0v) is 12.2. The zero-order chi connectivity index (χ0) is 14.7. The Morgan fingerprint density at radius 1 is 1.29 bits per heavy atom. The van der Waals surface area contributed by atoms with E-state index in [0.29, 0.717) is 24.1 Å². The Balaban J connectivity index is 1.90. The van der Waals surface area contributed by atoms with Crippen LogP contribution in [0.25, 0.3) is 11.5 Å². The van der Waals surface area contributed by atoms with Crippen LogP contribution < -0.4 is 5.73 Å². The number of nitrogen functional groups attached to an aromatic ring is 1. The van der Waals surface area contributed by atoms with Crippen LogP contribution in [0, 0.1) is 0 Å². The maximum atomic E-state index is 6.00. The molecule has 1 fully saturated rings. The van der Waals surface area contributed by atoms with Gasteiger partial charge in [0.15, 0.2) is 0 Å². The third-order valence-electron chi connectivity index (χ3n) is 3.95. The summed E-state index contributed by atoms with van der Waals surface area (Å²) in [4.78, 5) is 8.59. The lowest BCUT2D eigenvalue weighted by Crippen LogP contribution is -2.33. The molecule has 0 radical (unpaired) electrons. The molecule has 2 aromatic heterocycles. The van der Waals surface area contributed by atoms with Gasteiger partial charge in [-0.15, -0.1) is 0 Å². The van der Waals surface area contributed by atoms with E-state index in [-0.39, 0.29) is 0 Å². The van der Waals surface area contributed by atoms with Crippen molar-refractivity contribution < 1.29 is 9.26 Å². The van der Waals surface area contributed by atoms with Gasteiger partial charge in [-0.1, -0.05) is 24.4 Å². The molecule has 0 bridgehead atoms. The molecule has 0 aliphatic heterocycles. The van der Waals surface area contributed by atoms with E-state index in [1.807, 2.05) is 13.0 Å². The standard InChI is InChI=1S/C15H20N4O2/c1-2-20-15(8-4-3-5-9-15)14-18-13(21-19-14)11-6-7-12(16)17-10-11/h6-7,10H,2-5,8-9H2,1H3,(H2,16,17). The monoisotopic (exact) mass is 288 g/mol. The Kier molecular flexibility index (Phi) is 3.88. The number of aromatic nitrogens is 3. The van der Waals surface area contributed by atoms with Gasteiger partial charge in [0.2, 0.25) is 5.82 Å². The van der Waals surface area contributed by atoms with Crippen LogP contribution in [0.1, 0.15) is 44.9 Å². The zero-order valence-electron chi connectivity index (χ0n) is 12.2. The number of pyridine rings is 1. The van der Waals surface area contributed by atoms with Crippen LogP contribution in [0.4, 0.5) is 5.82 Å². The second-order valence-corrected chi connectivity index (χ2v) is 5.38. The summed E-state index contributed by atoms with van der Waals surface area (Å²) in [5.74, 6) is 1.58. The molecule has 0 saturated heterocycles. The van der Waals surface area contributed by atoms with E-state index in [1.54, 1.807) is 12.3 Å². The van der Waals surface area contributed by atoms with Crippen LogP contribution in [0.2, 0.25) is 0 Å². The molecule has 6 nitrogen and oxygen atoms in total. The van der Waals surface area contributed by atoms with E-state index in [2.05, 4.69) is 15.1 Å². The van der Waals surface area contributed by atoms with Crippen molar-refractivity contribution in [2.45, 2.75) is 44.6 Å². The van der Waals surface area contributed by atoms with Gasteiger partial charge >= 0.3 is 0 Å². The van der Waals surface area contributed by atoms with Gasteiger partial charge in [0.25, 0.3) is 5.89 Å². The van der Waals surface area contributed by atoms with Gasteiger partial charge < -0.3 is 15.0 Å². The van der Waals surface area contributed by atoms with Crippen LogP contribution in [-0.4, -0.2) is 21.7 Å². The summed E-state index contributed by atoms with van der Waals surface area (Å²) in [7, 11) is 0. The van der Waals surface area contributed by atoms with Crippen LogP contribution in [0.5, 0.6) is 0 Å². The first kappa shape index (κ1) is 14.0. The number of nitrogens with two attached hydrogens (primary N) is 1. The maximum Gasteiger partial charge on any atom is 0.259 e. The van der Waals surface area contributed by atoms with E-state index < -0.39 is 5.60 Å². The lowest BCUT2D eigenvalue weighted by atomic mass is 9.84. The molecule has 1 aliphatic carbocycles. The molecule has 2 heterocycles. The predicted octanol–water partition coefficient (Wildman–Crippen LogP) is 2.91. The smallest absolute Gasteiger partial charge is 0.259 e. The van der Waals surface area contributed by atoms with Crippen LogP contribution in [0.15, 0.2) is 22.9 Å². The topological polar surface area (TPSA) is 87.1 Å². The molecular formula is C15H20N4O2. The van der Waals surface area contributed by atoms with E-state index in [0.717, 1.165) is 31.2 Å². The largest absolute Gasteiger partial charge is 0.384 e. The van der Waals surface area contributed by atoms with E-state index in [9.17, 15) is 0 Å². The fourth-order valence-electron chi connectivity index (χ4n) is 2.89. The normalized spacial score (nSPS) is 17.8. The second kappa shape index (κ2) is 5.81. The van der Waals surface area contributed by atoms with Crippen molar-refractivity contribution in [3.05, 3.63) is 24.2 Å². The number of anilines is 1. The van der Waals surface area contributed by atoms with Crippen molar-refractivity contribution in [1.82, 2.24) is 15.1 Å². The fourth-order valence-corrected chi connectivity index (χ4v) is 2.89. The highest BCUT2D eigenvalue weighted by Crippen LogP contribution is 2.39. The summed E-state index contributed by atoms with van der Waals surface area (Å²) in [6, 6.07) is 3.55. The Labute approximate surface area is 123 Å². The third-order valence-corrected chi connectivity index (χ3v) is 3.95. The van der Waals surface area contributed by atoms with Gasteiger partial charge in [-0.05, 0) is 31.9 Å². The van der Waals surface area contributed by atoms with Crippen LogP contribution in [0.3, 0.4) is 0 Å². The highest BCUT2D eigenvalue weighted by molar-refractivity contribution is 5.53. The Morgan fingerprint density at radius 2 is 2.10 bits per heavy atom. The molecule has 3 rings (SSSR count). The second-order valence-electron chi connectivity index (χ2n) is 5.38. The molecule has 2 N–H and O–H groups in total. The number of ether oxygens (including phenoxy) is 1. The highest BCUT2D eigenvalue weighted by atomic mass is 16.5. The first-order chi connectivity index (χ1) is 10.2. The predicted molar refractivity (Wildman–Crippen MR) is 78.3 cm³/mol. The van der Waals surface area contributed by atoms with Gasteiger partial charge in [0, 0.05) is 12.8 Å². The summed E-state index contributed by atoms with van der Waals surface area (Å²) in [5.41, 5.74) is 5.97. The molecule has 0 atom stereocenters. The minimum Gasteiger partial charge on any atom is -0.384 e. The Bertz CT molecular complexity index is 582. The molecule has 0 spiro atoms. The summed E-state index contributed by atoms with van der Waals surface area (Å²) < 4.78 is 11.4. The van der Waals surface area contributed by atoms with Crippen LogP contribution in [-0.2, 0) is 10.3 Å². The van der Waals surface area contributed by atoms with Crippen molar-refractivity contribution in [2.75, 3.05) is 12.3 Å².